The number of hydrogen-bond donors (Lipinski definition) is 2. The molecule has 21 heavy (non-hydrogen) atoms. The van der Waals surface area contributed by atoms with E-state index in [-0.39, 0.29) is 13.2 Å². The van der Waals surface area contributed by atoms with Crippen LogP contribution in [0.4, 0.5) is 5.69 Å². The topological polar surface area (TPSA) is 64.7 Å². The Balaban J connectivity index is 1.82. The first-order chi connectivity index (χ1) is 10.0. The minimum Gasteiger partial charge on any atom is -0.491 e. The van der Waals surface area contributed by atoms with E-state index in [2.05, 4.69) is 15.9 Å². The predicted molar refractivity (Wildman–Crippen MR) is 86.7 cm³/mol. The highest BCUT2D eigenvalue weighted by atomic mass is 79.9. The van der Waals surface area contributed by atoms with Crippen LogP contribution >= 0.6 is 15.9 Å². The average Bonchev–Trinajstić information content (AvgIpc) is 2.46. The standard InChI is InChI=1S/C16H18BrNO3/c1-11-5-6-12(17)7-16(11)21-10-14(19)9-20-15-4-2-3-13(18)8-15/h2-8,14,19H,9-10,18H2,1H3. The van der Waals surface area contributed by atoms with E-state index in [9.17, 15) is 5.11 Å². The van der Waals surface area contributed by atoms with E-state index in [0.717, 1.165) is 15.8 Å². The molecule has 0 saturated heterocycles. The van der Waals surface area contributed by atoms with E-state index in [0.29, 0.717) is 11.4 Å². The van der Waals surface area contributed by atoms with E-state index < -0.39 is 6.10 Å². The Hall–Kier alpha value is -1.72. The maximum absolute atomic E-state index is 9.91. The summed E-state index contributed by atoms with van der Waals surface area (Å²) in [5.41, 5.74) is 7.30. The number of rotatable bonds is 6. The molecule has 2 rings (SSSR count). The molecule has 5 heteroatoms. The zero-order valence-electron chi connectivity index (χ0n) is 11.8. The van der Waals surface area contributed by atoms with Crippen molar-refractivity contribution in [2.45, 2.75) is 13.0 Å². The Morgan fingerprint density at radius 2 is 1.90 bits per heavy atom. The lowest BCUT2D eigenvalue weighted by molar-refractivity contribution is 0.0624. The van der Waals surface area contributed by atoms with Crippen LogP contribution in [0.1, 0.15) is 5.56 Å². The van der Waals surface area contributed by atoms with Gasteiger partial charge in [-0.05, 0) is 36.8 Å². The Morgan fingerprint density at radius 1 is 1.14 bits per heavy atom. The maximum atomic E-state index is 9.91. The summed E-state index contributed by atoms with van der Waals surface area (Å²) in [6.07, 6.45) is -0.718. The third-order valence-electron chi connectivity index (χ3n) is 2.88. The number of aliphatic hydroxyl groups excluding tert-OH is 1. The zero-order chi connectivity index (χ0) is 15.2. The molecule has 112 valence electrons. The van der Waals surface area contributed by atoms with Gasteiger partial charge in [-0.3, -0.25) is 0 Å². The molecule has 0 aliphatic carbocycles. The van der Waals surface area contributed by atoms with E-state index in [1.54, 1.807) is 24.3 Å². The second-order valence-electron chi connectivity index (χ2n) is 4.76. The van der Waals surface area contributed by atoms with Gasteiger partial charge < -0.3 is 20.3 Å². The summed E-state index contributed by atoms with van der Waals surface area (Å²) in [7, 11) is 0. The van der Waals surface area contributed by atoms with Crippen molar-refractivity contribution < 1.29 is 14.6 Å². The summed E-state index contributed by atoms with van der Waals surface area (Å²) >= 11 is 3.39. The van der Waals surface area contributed by atoms with Gasteiger partial charge in [-0.15, -0.1) is 0 Å². The van der Waals surface area contributed by atoms with Gasteiger partial charge in [-0.2, -0.15) is 0 Å². The molecule has 3 N–H and O–H groups in total. The minimum absolute atomic E-state index is 0.149. The number of aliphatic hydroxyl groups is 1. The van der Waals surface area contributed by atoms with Gasteiger partial charge in [-0.25, -0.2) is 0 Å². The highest BCUT2D eigenvalue weighted by Gasteiger charge is 2.08. The normalized spacial score (nSPS) is 12.0. The van der Waals surface area contributed by atoms with Crippen molar-refractivity contribution in [1.82, 2.24) is 0 Å². The Labute approximate surface area is 132 Å². The van der Waals surface area contributed by atoms with Crippen LogP contribution in [0.3, 0.4) is 0 Å². The van der Waals surface area contributed by atoms with Gasteiger partial charge in [0, 0.05) is 16.2 Å². The van der Waals surface area contributed by atoms with Crippen molar-refractivity contribution in [3.05, 3.63) is 52.5 Å². The fourth-order valence-electron chi connectivity index (χ4n) is 1.76. The molecule has 0 heterocycles. The number of ether oxygens (including phenoxy) is 2. The largest absolute Gasteiger partial charge is 0.491 e. The van der Waals surface area contributed by atoms with Crippen molar-refractivity contribution in [3.8, 4) is 11.5 Å². The van der Waals surface area contributed by atoms with E-state index in [4.69, 9.17) is 15.2 Å². The maximum Gasteiger partial charge on any atom is 0.123 e. The highest BCUT2D eigenvalue weighted by Crippen LogP contribution is 2.23. The van der Waals surface area contributed by atoms with Crippen LogP contribution < -0.4 is 15.2 Å². The number of anilines is 1. The molecule has 0 fully saturated rings. The van der Waals surface area contributed by atoms with Crippen molar-refractivity contribution in [2.24, 2.45) is 0 Å². The van der Waals surface area contributed by atoms with Crippen LogP contribution in [0.2, 0.25) is 0 Å². The molecule has 1 unspecified atom stereocenters. The Morgan fingerprint density at radius 3 is 2.67 bits per heavy atom. The average molecular weight is 352 g/mol. The summed E-state index contributed by atoms with van der Waals surface area (Å²) in [5.74, 6) is 1.38. The first-order valence-electron chi connectivity index (χ1n) is 6.60. The number of nitrogen functional groups attached to an aromatic ring is 1. The molecule has 2 aromatic carbocycles. The van der Waals surface area contributed by atoms with Crippen LogP contribution in [0.5, 0.6) is 11.5 Å². The molecule has 4 nitrogen and oxygen atoms in total. The summed E-state index contributed by atoms with van der Waals surface area (Å²) in [6, 6.07) is 12.9. The van der Waals surface area contributed by atoms with Crippen molar-refractivity contribution in [1.29, 1.82) is 0 Å². The second-order valence-corrected chi connectivity index (χ2v) is 5.67. The summed E-state index contributed by atoms with van der Waals surface area (Å²) in [5, 5.41) is 9.91. The zero-order valence-corrected chi connectivity index (χ0v) is 13.3. The first-order valence-corrected chi connectivity index (χ1v) is 7.39. The fraction of sp³-hybridized carbons (Fsp3) is 0.250. The van der Waals surface area contributed by atoms with Crippen molar-refractivity contribution >= 4 is 21.6 Å². The van der Waals surface area contributed by atoms with Gasteiger partial charge in [0.1, 0.15) is 30.8 Å². The number of nitrogens with two attached hydrogens (primary N) is 1. The van der Waals surface area contributed by atoms with Gasteiger partial charge in [-0.1, -0.05) is 28.1 Å². The Bertz CT molecular complexity index is 604. The molecule has 0 amide bonds. The van der Waals surface area contributed by atoms with Crippen LogP contribution in [0.15, 0.2) is 46.9 Å². The number of halogens is 1. The minimum atomic E-state index is -0.718. The molecule has 1 atom stereocenters. The van der Waals surface area contributed by atoms with Gasteiger partial charge in [0.15, 0.2) is 0 Å². The lowest BCUT2D eigenvalue weighted by Crippen LogP contribution is -2.25. The summed E-state index contributed by atoms with van der Waals surface area (Å²) < 4.78 is 12.0. The van der Waals surface area contributed by atoms with Crippen LogP contribution in [-0.2, 0) is 0 Å². The molecular weight excluding hydrogens is 334 g/mol. The Kier molecular flexibility index (Phi) is 5.47. The lowest BCUT2D eigenvalue weighted by atomic mass is 10.2. The molecule has 0 spiro atoms. The summed E-state index contributed by atoms with van der Waals surface area (Å²) in [6.45, 7) is 2.27. The molecule has 0 saturated carbocycles. The van der Waals surface area contributed by atoms with Crippen LogP contribution in [0.25, 0.3) is 0 Å². The van der Waals surface area contributed by atoms with E-state index >= 15 is 0 Å². The second kappa shape index (κ2) is 7.33. The van der Waals surface area contributed by atoms with Gasteiger partial charge >= 0.3 is 0 Å². The molecule has 0 aliphatic heterocycles. The third kappa shape index (κ3) is 4.95. The van der Waals surface area contributed by atoms with E-state index in [1.807, 2.05) is 25.1 Å². The van der Waals surface area contributed by atoms with Crippen LogP contribution in [-0.4, -0.2) is 24.4 Å². The molecule has 2 aromatic rings. The van der Waals surface area contributed by atoms with Crippen molar-refractivity contribution in [3.63, 3.8) is 0 Å². The lowest BCUT2D eigenvalue weighted by Gasteiger charge is -2.15. The van der Waals surface area contributed by atoms with Gasteiger partial charge in [0.2, 0.25) is 0 Å². The number of aryl methyl sites for hydroxylation is 1. The molecule has 0 aromatic heterocycles. The SMILES string of the molecule is Cc1ccc(Br)cc1OCC(O)COc1cccc(N)c1. The number of benzene rings is 2. The molecule has 0 aliphatic rings. The quantitative estimate of drug-likeness (QED) is 0.784. The molecule has 0 bridgehead atoms. The van der Waals surface area contributed by atoms with Crippen LogP contribution in [0, 0.1) is 6.92 Å². The summed E-state index contributed by atoms with van der Waals surface area (Å²) in [4.78, 5) is 0. The highest BCUT2D eigenvalue weighted by molar-refractivity contribution is 9.10. The van der Waals surface area contributed by atoms with E-state index in [1.165, 1.54) is 0 Å². The number of hydrogen-bond acceptors (Lipinski definition) is 4. The van der Waals surface area contributed by atoms with Gasteiger partial charge in [0.05, 0.1) is 0 Å². The van der Waals surface area contributed by atoms with Gasteiger partial charge in [0.25, 0.3) is 0 Å². The first kappa shape index (κ1) is 15.7. The monoisotopic (exact) mass is 351 g/mol. The third-order valence-corrected chi connectivity index (χ3v) is 3.38. The fourth-order valence-corrected chi connectivity index (χ4v) is 2.10. The molecular formula is C16H18BrNO3. The predicted octanol–water partition coefficient (Wildman–Crippen LogP) is 3.16. The van der Waals surface area contributed by atoms with Crippen molar-refractivity contribution in [2.75, 3.05) is 18.9 Å². The molecule has 0 radical (unpaired) electrons. The smallest absolute Gasteiger partial charge is 0.123 e.